The minimum Gasteiger partial charge on any atom is -0.494 e. The number of ether oxygens (including phenoxy) is 1. The van der Waals surface area contributed by atoms with Crippen LogP contribution in [0.2, 0.25) is 5.02 Å². The SMILES string of the molecule is CCOc1ccccc1C(C)(N)c1ccc(Cl)cc1. The molecule has 2 aromatic rings. The highest BCUT2D eigenvalue weighted by molar-refractivity contribution is 6.30. The van der Waals surface area contributed by atoms with Crippen LogP contribution in [0.5, 0.6) is 5.75 Å². The van der Waals surface area contributed by atoms with Gasteiger partial charge < -0.3 is 10.5 Å². The van der Waals surface area contributed by atoms with E-state index in [-0.39, 0.29) is 0 Å². The summed E-state index contributed by atoms with van der Waals surface area (Å²) in [4.78, 5) is 0. The molecule has 0 saturated heterocycles. The van der Waals surface area contributed by atoms with Crippen LogP contribution in [-0.2, 0) is 5.54 Å². The molecule has 19 heavy (non-hydrogen) atoms. The zero-order valence-electron chi connectivity index (χ0n) is 11.2. The van der Waals surface area contributed by atoms with Crippen molar-refractivity contribution < 1.29 is 4.74 Å². The summed E-state index contributed by atoms with van der Waals surface area (Å²) < 4.78 is 5.66. The van der Waals surface area contributed by atoms with Gasteiger partial charge in [0.2, 0.25) is 0 Å². The van der Waals surface area contributed by atoms with Crippen LogP contribution in [0.15, 0.2) is 48.5 Å². The van der Waals surface area contributed by atoms with Gasteiger partial charge in [-0.3, -0.25) is 0 Å². The average molecular weight is 276 g/mol. The molecule has 0 saturated carbocycles. The van der Waals surface area contributed by atoms with Gasteiger partial charge >= 0.3 is 0 Å². The molecule has 0 aliphatic carbocycles. The zero-order valence-corrected chi connectivity index (χ0v) is 11.9. The molecule has 1 unspecified atom stereocenters. The van der Waals surface area contributed by atoms with Crippen molar-refractivity contribution >= 4 is 11.6 Å². The van der Waals surface area contributed by atoms with Crippen molar-refractivity contribution in [3.8, 4) is 5.75 Å². The van der Waals surface area contributed by atoms with Gasteiger partial charge in [-0.1, -0.05) is 41.9 Å². The fourth-order valence-electron chi connectivity index (χ4n) is 2.13. The summed E-state index contributed by atoms with van der Waals surface area (Å²) in [7, 11) is 0. The number of benzene rings is 2. The molecule has 0 aliphatic rings. The van der Waals surface area contributed by atoms with Gasteiger partial charge in [0.1, 0.15) is 5.75 Å². The van der Waals surface area contributed by atoms with Crippen LogP contribution in [0.4, 0.5) is 0 Å². The van der Waals surface area contributed by atoms with Gasteiger partial charge in [0.25, 0.3) is 0 Å². The van der Waals surface area contributed by atoms with Crippen LogP contribution in [0.1, 0.15) is 25.0 Å². The van der Waals surface area contributed by atoms with Gasteiger partial charge in [0, 0.05) is 10.6 Å². The number of nitrogens with two attached hydrogens (primary N) is 1. The van der Waals surface area contributed by atoms with Gasteiger partial charge in [0.05, 0.1) is 12.1 Å². The number of rotatable bonds is 4. The van der Waals surface area contributed by atoms with Crippen molar-refractivity contribution in [2.24, 2.45) is 5.73 Å². The summed E-state index contributed by atoms with van der Waals surface area (Å²) in [6.07, 6.45) is 0. The van der Waals surface area contributed by atoms with E-state index in [0.29, 0.717) is 11.6 Å². The van der Waals surface area contributed by atoms with E-state index in [2.05, 4.69) is 0 Å². The number of hydrogen-bond donors (Lipinski definition) is 1. The molecule has 2 aromatic carbocycles. The minimum absolute atomic E-state index is 0.615. The molecule has 0 spiro atoms. The summed E-state index contributed by atoms with van der Waals surface area (Å²) in [5, 5.41) is 0.706. The van der Waals surface area contributed by atoms with E-state index >= 15 is 0 Å². The molecular formula is C16H18ClNO. The van der Waals surface area contributed by atoms with Crippen molar-refractivity contribution in [2.45, 2.75) is 19.4 Å². The lowest BCUT2D eigenvalue weighted by Gasteiger charge is -2.28. The van der Waals surface area contributed by atoms with Crippen molar-refractivity contribution in [3.63, 3.8) is 0 Å². The largest absolute Gasteiger partial charge is 0.494 e. The number of halogens is 1. The summed E-state index contributed by atoms with van der Waals surface area (Å²) in [5.41, 5.74) is 7.88. The van der Waals surface area contributed by atoms with Crippen LogP contribution < -0.4 is 10.5 Å². The van der Waals surface area contributed by atoms with Crippen LogP contribution in [0.25, 0.3) is 0 Å². The topological polar surface area (TPSA) is 35.2 Å². The summed E-state index contributed by atoms with van der Waals surface area (Å²) in [6.45, 7) is 4.56. The first kappa shape index (κ1) is 13.9. The van der Waals surface area contributed by atoms with E-state index in [1.165, 1.54) is 0 Å². The van der Waals surface area contributed by atoms with E-state index in [0.717, 1.165) is 16.9 Å². The van der Waals surface area contributed by atoms with Crippen LogP contribution in [0.3, 0.4) is 0 Å². The van der Waals surface area contributed by atoms with Crippen molar-refractivity contribution in [1.29, 1.82) is 0 Å². The monoisotopic (exact) mass is 275 g/mol. The Morgan fingerprint density at radius 2 is 1.74 bits per heavy atom. The molecule has 0 aliphatic heterocycles. The van der Waals surface area contributed by atoms with Gasteiger partial charge in [0.15, 0.2) is 0 Å². The average Bonchev–Trinajstić information content (AvgIpc) is 2.40. The molecule has 2 rings (SSSR count). The standard InChI is InChI=1S/C16H18ClNO/c1-3-19-15-7-5-4-6-14(15)16(2,18)12-8-10-13(17)11-9-12/h4-11H,3,18H2,1-2H3. The molecule has 2 N–H and O–H groups in total. The lowest BCUT2D eigenvalue weighted by atomic mass is 9.85. The Morgan fingerprint density at radius 3 is 2.37 bits per heavy atom. The van der Waals surface area contributed by atoms with Crippen LogP contribution in [-0.4, -0.2) is 6.61 Å². The first-order chi connectivity index (χ1) is 9.05. The molecule has 3 heteroatoms. The predicted octanol–water partition coefficient (Wildman–Crippen LogP) is 3.96. The molecule has 0 amide bonds. The Morgan fingerprint density at radius 1 is 1.11 bits per heavy atom. The fourth-order valence-corrected chi connectivity index (χ4v) is 2.25. The number of hydrogen-bond acceptors (Lipinski definition) is 2. The third kappa shape index (κ3) is 2.91. The highest BCUT2D eigenvalue weighted by Gasteiger charge is 2.26. The minimum atomic E-state index is -0.615. The van der Waals surface area contributed by atoms with E-state index in [9.17, 15) is 0 Å². The summed E-state index contributed by atoms with van der Waals surface area (Å²) in [5.74, 6) is 0.824. The third-order valence-corrected chi connectivity index (χ3v) is 3.44. The Kier molecular flexibility index (Phi) is 4.13. The lowest BCUT2D eigenvalue weighted by molar-refractivity contribution is 0.330. The second kappa shape index (κ2) is 5.64. The molecule has 0 bridgehead atoms. The second-order valence-electron chi connectivity index (χ2n) is 4.64. The maximum atomic E-state index is 6.52. The smallest absolute Gasteiger partial charge is 0.124 e. The Bertz CT molecular complexity index is 549. The Balaban J connectivity index is 2.46. The first-order valence-corrected chi connectivity index (χ1v) is 6.70. The van der Waals surface area contributed by atoms with Crippen molar-refractivity contribution in [2.75, 3.05) is 6.61 Å². The maximum Gasteiger partial charge on any atom is 0.124 e. The lowest BCUT2D eigenvalue weighted by Crippen LogP contribution is -2.34. The van der Waals surface area contributed by atoms with Crippen LogP contribution >= 0.6 is 11.6 Å². The summed E-state index contributed by atoms with van der Waals surface area (Å²) in [6, 6.07) is 15.5. The zero-order chi connectivity index (χ0) is 13.9. The first-order valence-electron chi connectivity index (χ1n) is 6.33. The summed E-state index contributed by atoms with van der Waals surface area (Å²) >= 11 is 5.92. The Labute approximate surface area is 119 Å². The molecule has 2 nitrogen and oxygen atoms in total. The van der Waals surface area contributed by atoms with E-state index in [1.54, 1.807) is 0 Å². The predicted molar refractivity (Wildman–Crippen MR) is 79.7 cm³/mol. The number of para-hydroxylation sites is 1. The van der Waals surface area contributed by atoms with Gasteiger partial charge in [-0.2, -0.15) is 0 Å². The third-order valence-electron chi connectivity index (χ3n) is 3.19. The molecule has 0 radical (unpaired) electrons. The fraction of sp³-hybridized carbons (Fsp3) is 0.250. The van der Waals surface area contributed by atoms with E-state index in [4.69, 9.17) is 22.1 Å². The van der Waals surface area contributed by atoms with E-state index in [1.807, 2.05) is 62.4 Å². The van der Waals surface area contributed by atoms with Gasteiger partial charge in [-0.25, -0.2) is 0 Å². The van der Waals surface area contributed by atoms with Crippen LogP contribution in [0, 0.1) is 0 Å². The molecular weight excluding hydrogens is 258 g/mol. The van der Waals surface area contributed by atoms with Crippen molar-refractivity contribution in [3.05, 3.63) is 64.7 Å². The maximum absolute atomic E-state index is 6.52. The second-order valence-corrected chi connectivity index (χ2v) is 5.07. The van der Waals surface area contributed by atoms with Gasteiger partial charge in [-0.05, 0) is 37.6 Å². The quantitative estimate of drug-likeness (QED) is 0.917. The molecule has 0 aromatic heterocycles. The molecule has 0 fully saturated rings. The highest BCUT2D eigenvalue weighted by atomic mass is 35.5. The molecule has 1 atom stereocenters. The Hall–Kier alpha value is -1.51. The highest BCUT2D eigenvalue weighted by Crippen LogP contribution is 2.33. The normalized spacial score (nSPS) is 13.9. The van der Waals surface area contributed by atoms with Crippen molar-refractivity contribution in [1.82, 2.24) is 0 Å². The van der Waals surface area contributed by atoms with Gasteiger partial charge in [-0.15, -0.1) is 0 Å². The van der Waals surface area contributed by atoms with E-state index < -0.39 is 5.54 Å². The molecule has 100 valence electrons. The molecule has 0 heterocycles.